The van der Waals surface area contributed by atoms with E-state index in [4.69, 9.17) is 25.5 Å². The first-order chi connectivity index (χ1) is 16.5. The third kappa shape index (κ3) is 3.53. The zero-order chi connectivity index (χ0) is 23.8. The summed E-state index contributed by atoms with van der Waals surface area (Å²) in [7, 11) is 1.52. The number of anilines is 1. The van der Waals surface area contributed by atoms with Crippen molar-refractivity contribution in [3.8, 4) is 11.5 Å². The molecule has 0 N–H and O–H groups in total. The number of carbonyl (C=O) groups is 1. The smallest absolute Gasteiger partial charge is 0.295 e. The number of halogens is 1. The fraction of sp³-hybridized carbons (Fsp3) is 0.111. The fourth-order valence-corrected chi connectivity index (χ4v) is 4.46. The van der Waals surface area contributed by atoms with Gasteiger partial charge in [0.25, 0.3) is 5.91 Å². The number of hydrogen-bond donors (Lipinski definition) is 0. The highest BCUT2D eigenvalue weighted by atomic mass is 35.5. The Balaban J connectivity index is 1.71. The Bertz CT molecular complexity index is 1480. The lowest BCUT2D eigenvalue weighted by Crippen LogP contribution is -2.29. The topological polar surface area (TPSA) is 69.0 Å². The molecule has 0 aliphatic carbocycles. The number of fused-ring (bicyclic) bond motifs is 2. The lowest BCUT2D eigenvalue weighted by molar-refractivity contribution is 0.0971. The Labute approximate surface area is 200 Å². The highest BCUT2D eigenvalue weighted by Crippen LogP contribution is 2.43. The average molecular weight is 474 g/mol. The van der Waals surface area contributed by atoms with Gasteiger partial charge in [0.1, 0.15) is 23.7 Å². The van der Waals surface area contributed by atoms with Crippen LogP contribution in [0.1, 0.15) is 27.7 Å². The van der Waals surface area contributed by atoms with E-state index in [2.05, 4.69) is 6.58 Å². The second-order valence-electron chi connectivity index (χ2n) is 7.74. The number of amides is 1. The van der Waals surface area contributed by atoms with E-state index in [9.17, 15) is 9.59 Å². The molecule has 0 radical (unpaired) electrons. The number of rotatable bonds is 6. The molecule has 5 rings (SSSR count). The minimum Gasteiger partial charge on any atom is -0.495 e. The number of carbonyl (C=O) groups excluding carboxylic acids is 1. The molecule has 1 amide bonds. The molecule has 1 atom stereocenters. The number of benzene rings is 3. The number of para-hydroxylation sites is 1. The maximum Gasteiger partial charge on any atom is 0.295 e. The summed E-state index contributed by atoms with van der Waals surface area (Å²) in [6.45, 7) is 4.02. The van der Waals surface area contributed by atoms with Crippen molar-refractivity contribution in [2.75, 3.05) is 18.6 Å². The molecule has 4 aromatic rings. The molecule has 1 aliphatic heterocycles. The summed E-state index contributed by atoms with van der Waals surface area (Å²) in [4.78, 5) is 28.7. The molecule has 0 fully saturated rings. The van der Waals surface area contributed by atoms with Gasteiger partial charge in [-0.15, -0.1) is 0 Å². The Hall–Kier alpha value is -4.03. The predicted molar refractivity (Wildman–Crippen MR) is 131 cm³/mol. The van der Waals surface area contributed by atoms with Crippen LogP contribution in [0.15, 0.2) is 88.6 Å². The van der Waals surface area contributed by atoms with E-state index in [0.29, 0.717) is 39.8 Å². The summed E-state index contributed by atoms with van der Waals surface area (Å²) in [6.07, 6.45) is 1.66. The van der Waals surface area contributed by atoms with Gasteiger partial charge in [-0.2, -0.15) is 0 Å². The van der Waals surface area contributed by atoms with Gasteiger partial charge in [-0.1, -0.05) is 48.5 Å². The van der Waals surface area contributed by atoms with Crippen LogP contribution in [0.2, 0.25) is 5.02 Å². The molecule has 170 valence electrons. The maximum absolute atomic E-state index is 13.6. The maximum atomic E-state index is 13.6. The molecule has 3 aromatic carbocycles. The standard InChI is InChI=1S/C27H20ClNO5/c1-3-14-33-18-11-8-16(9-12-18)24-23-25(30)19-6-4-5-7-21(19)34-26(23)27(31)29(24)17-10-13-22(32-2)20(28)15-17/h3-13,15,24H,1,14H2,2H3. The van der Waals surface area contributed by atoms with Crippen LogP contribution in [0.4, 0.5) is 5.69 Å². The highest BCUT2D eigenvalue weighted by Gasteiger charge is 2.43. The lowest BCUT2D eigenvalue weighted by Gasteiger charge is -2.26. The van der Waals surface area contributed by atoms with Crippen LogP contribution >= 0.6 is 11.6 Å². The zero-order valence-electron chi connectivity index (χ0n) is 18.3. The molecule has 1 aliphatic rings. The average Bonchev–Trinajstić information content (AvgIpc) is 3.15. The van der Waals surface area contributed by atoms with Gasteiger partial charge in [-0.3, -0.25) is 14.5 Å². The van der Waals surface area contributed by atoms with Crippen LogP contribution in [0.3, 0.4) is 0 Å². The van der Waals surface area contributed by atoms with Crippen molar-refractivity contribution < 1.29 is 18.7 Å². The van der Waals surface area contributed by atoms with Crippen LogP contribution in [0.25, 0.3) is 11.0 Å². The first-order valence-corrected chi connectivity index (χ1v) is 11.0. The molecule has 0 saturated carbocycles. The summed E-state index contributed by atoms with van der Waals surface area (Å²) in [5.74, 6) is 0.733. The molecular weight excluding hydrogens is 454 g/mol. The SMILES string of the molecule is C=CCOc1ccc(C2c3c(oc4ccccc4c3=O)C(=O)N2c2ccc(OC)c(Cl)c2)cc1. The Kier molecular flexibility index (Phi) is 5.59. The van der Waals surface area contributed by atoms with Gasteiger partial charge in [0.15, 0.2) is 5.43 Å². The highest BCUT2D eigenvalue weighted by molar-refractivity contribution is 6.32. The molecule has 0 spiro atoms. The van der Waals surface area contributed by atoms with Crippen molar-refractivity contribution in [2.24, 2.45) is 0 Å². The molecule has 2 heterocycles. The van der Waals surface area contributed by atoms with Gasteiger partial charge < -0.3 is 13.9 Å². The number of nitrogens with zero attached hydrogens (tertiary/aromatic N) is 1. The van der Waals surface area contributed by atoms with E-state index in [0.717, 1.165) is 5.56 Å². The second-order valence-corrected chi connectivity index (χ2v) is 8.14. The first kappa shape index (κ1) is 21.8. The van der Waals surface area contributed by atoms with Gasteiger partial charge >= 0.3 is 0 Å². The summed E-state index contributed by atoms with van der Waals surface area (Å²) >= 11 is 6.37. The normalized spacial score (nSPS) is 14.8. The van der Waals surface area contributed by atoms with Crippen molar-refractivity contribution in [1.82, 2.24) is 0 Å². The fourth-order valence-electron chi connectivity index (χ4n) is 4.21. The van der Waals surface area contributed by atoms with E-state index >= 15 is 0 Å². The van der Waals surface area contributed by atoms with E-state index in [-0.39, 0.29) is 16.8 Å². The summed E-state index contributed by atoms with van der Waals surface area (Å²) in [5, 5.41) is 0.764. The summed E-state index contributed by atoms with van der Waals surface area (Å²) < 4.78 is 16.8. The van der Waals surface area contributed by atoms with E-state index in [1.165, 1.54) is 12.0 Å². The monoisotopic (exact) mass is 473 g/mol. The molecule has 34 heavy (non-hydrogen) atoms. The number of ether oxygens (including phenoxy) is 2. The predicted octanol–water partition coefficient (Wildman–Crippen LogP) is 5.77. The molecule has 7 heteroatoms. The van der Waals surface area contributed by atoms with E-state index in [1.807, 2.05) is 12.1 Å². The van der Waals surface area contributed by atoms with Gasteiger partial charge in [-0.25, -0.2) is 0 Å². The second kappa shape index (κ2) is 8.72. The van der Waals surface area contributed by atoms with Crippen molar-refractivity contribution >= 4 is 34.2 Å². The van der Waals surface area contributed by atoms with Crippen molar-refractivity contribution in [1.29, 1.82) is 0 Å². The van der Waals surface area contributed by atoms with Crippen LogP contribution in [-0.2, 0) is 0 Å². The minimum atomic E-state index is -0.707. The van der Waals surface area contributed by atoms with Gasteiger partial charge in [0.2, 0.25) is 5.76 Å². The number of methoxy groups -OCH3 is 1. The Morgan fingerprint density at radius 3 is 2.56 bits per heavy atom. The van der Waals surface area contributed by atoms with E-state index < -0.39 is 11.9 Å². The third-order valence-corrected chi connectivity index (χ3v) is 6.05. The van der Waals surface area contributed by atoms with Crippen molar-refractivity contribution in [3.63, 3.8) is 0 Å². The van der Waals surface area contributed by atoms with Crippen LogP contribution in [0, 0.1) is 0 Å². The Morgan fingerprint density at radius 2 is 1.85 bits per heavy atom. The quantitative estimate of drug-likeness (QED) is 0.332. The first-order valence-electron chi connectivity index (χ1n) is 10.6. The molecule has 1 aromatic heterocycles. The Morgan fingerprint density at radius 1 is 1.09 bits per heavy atom. The molecule has 0 bridgehead atoms. The van der Waals surface area contributed by atoms with Crippen molar-refractivity contribution in [2.45, 2.75) is 6.04 Å². The van der Waals surface area contributed by atoms with E-state index in [1.54, 1.807) is 60.7 Å². The van der Waals surface area contributed by atoms with Crippen LogP contribution in [0.5, 0.6) is 11.5 Å². The molecular formula is C27H20ClNO5. The minimum absolute atomic E-state index is 0.0209. The van der Waals surface area contributed by atoms with Crippen LogP contribution in [-0.4, -0.2) is 19.6 Å². The molecule has 6 nitrogen and oxygen atoms in total. The summed E-state index contributed by atoms with van der Waals surface area (Å²) in [5.41, 5.74) is 1.65. The third-order valence-electron chi connectivity index (χ3n) is 5.75. The van der Waals surface area contributed by atoms with Gasteiger partial charge in [0.05, 0.1) is 29.1 Å². The van der Waals surface area contributed by atoms with Crippen molar-refractivity contribution in [3.05, 3.63) is 112 Å². The molecule has 1 unspecified atom stereocenters. The summed E-state index contributed by atoms with van der Waals surface area (Å²) in [6, 6.07) is 18.5. The largest absolute Gasteiger partial charge is 0.495 e. The zero-order valence-corrected chi connectivity index (χ0v) is 19.0. The van der Waals surface area contributed by atoms with Crippen LogP contribution < -0.4 is 19.8 Å². The molecule has 0 saturated heterocycles. The lowest BCUT2D eigenvalue weighted by atomic mass is 9.98. The van der Waals surface area contributed by atoms with Gasteiger partial charge in [0, 0.05) is 5.69 Å². The van der Waals surface area contributed by atoms with Gasteiger partial charge in [-0.05, 0) is 48.0 Å². The number of hydrogen-bond acceptors (Lipinski definition) is 5.